The number of aryl methyl sites for hydroxylation is 1. The number of hydrogen-bond donors (Lipinski definition) is 1. The van der Waals surface area contributed by atoms with Crippen LogP contribution < -0.4 is 10.1 Å². The van der Waals surface area contributed by atoms with Crippen molar-refractivity contribution in [2.24, 2.45) is 0 Å². The van der Waals surface area contributed by atoms with Crippen LogP contribution >= 0.6 is 11.3 Å². The van der Waals surface area contributed by atoms with Gasteiger partial charge in [0.15, 0.2) is 0 Å². The second kappa shape index (κ2) is 10.2. The number of thiophene rings is 1. The Labute approximate surface area is 165 Å². The van der Waals surface area contributed by atoms with E-state index in [1.807, 2.05) is 43.5 Å². The zero-order valence-corrected chi connectivity index (χ0v) is 16.6. The second-order valence-electron chi connectivity index (χ2n) is 6.74. The molecule has 0 saturated carbocycles. The Morgan fingerprint density at radius 3 is 2.89 bits per heavy atom. The van der Waals surface area contributed by atoms with Crippen molar-refractivity contribution >= 4 is 17.2 Å². The van der Waals surface area contributed by atoms with Gasteiger partial charge in [0.25, 0.3) is 5.91 Å². The van der Waals surface area contributed by atoms with E-state index in [1.54, 1.807) is 0 Å². The summed E-state index contributed by atoms with van der Waals surface area (Å²) in [5.41, 5.74) is 1.24. The highest BCUT2D eigenvalue weighted by Gasteiger charge is 2.11. The van der Waals surface area contributed by atoms with Crippen LogP contribution in [0.5, 0.6) is 5.88 Å². The standard InChI is InChI=1S/C21H27N3O2S/c1-17-7-8-19(27-17)21(25)23-10-3-6-14-26-20-15-18(9-11-22-20)16-24-12-4-2-5-13-24/h3,6-9,11,15H,2,4-5,10,12-14,16H2,1H3,(H,23,25). The monoisotopic (exact) mass is 385 g/mol. The summed E-state index contributed by atoms with van der Waals surface area (Å²) in [7, 11) is 0. The van der Waals surface area contributed by atoms with Crippen LogP contribution in [-0.4, -0.2) is 42.0 Å². The van der Waals surface area contributed by atoms with Gasteiger partial charge in [-0.2, -0.15) is 0 Å². The van der Waals surface area contributed by atoms with Crippen molar-refractivity contribution in [2.75, 3.05) is 26.2 Å². The maximum atomic E-state index is 11.9. The van der Waals surface area contributed by atoms with Crippen LogP contribution in [0.1, 0.15) is 39.4 Å². The molecule has 0 unspecified atom stereocenters. The number of rotatable bonds is 8. The first-order valence-corrected chi connectivity index (χ1v) is 10.3. The van der Waals surface area contributed by atoms with Gasteiger partial charge in [0.1, 0.15) is 6.61 Å². The molecule has 3 rings (SSSR count). The Hall–Kier alpha value is -2.18. The summed E-state index contributed by atoms with van der Waals surface area (Å²) in [6, 6.07) is 7.88. The fourth-order valence-electron chi connectivity index (χ4n) is 3.08. The van der Waals surface area contributed by atoms with Crippen LogP contribution in [-0.2, 0) is 6.54 Å². The Bertz CT molecular complexity index is 766. The van der Waals surface area contributed by atoms with Gasteiger partial charge in [-0.3, -0.25) is 9.69 Å². The van der Waals surface area contributed by atoms with Crippen LogP contribution in [0.2, 0.25) is 0 Å². The van der Waals surface area contributed by atoms with E-state index in [1.165, 1.54) is 49.3 Å². The van der Waals surface area contributed by atoms with Crippen molar-refractivity contribution in [3.05, 3.63) is 57.9 Å². The van der Waals surface area contributed by atoms with E-state index in [-0.39, 0.29) is 5.91 Å². The van der Waals surface area contributed by atoms with E-state index >= 15 is 0 Å². The number of nitrogens with one attached hydrogen (secondary N) is 1. The lowest BCUT2D eigenvalue weighted by Crippen LogP contribution is -2.29. The maximum Gasteiger partial charge on any atom is 0.261 e. The average molecular weight is 386 g/mol. The van der Waals surface area contributed by atoms with Gasteiger partial charge >= 0.3 is 0 Å². The van der Waals surface area contributed by atoms with Crippen LogP contribution in [0.15, 0.2) is 42.6 Å². The number of piperidine rings is 1. The third-order valence-electron chi connectivity index (χ3n) is 4.49. The predicted molar refractivity (Wildman–Crippen MR) is 109 cm³/mol. The van der Waals surface area contributed by atoms with Crippen molar-refractivity contribution in [1.29, 1.82) is 0 Å². The number of nitrogens with zero attached hydrogens (tertiary/aromatic N) is 2. The normalized spacial score (nSPS) is 15.1. The molecule has 0 aliphatic carbocycles. The van der Waals surface area contributed by atoms with E-state index < -0.39 is 0 Å². The summed E-state index contributed by atoms with van der Waals surface area (Å²) < 4.78 is 5.70. The number of aromatic nitrogens is 1. The predicted octanol–water partition coefficient (Wildman–Crippen LogP) is 3.80. The quantitative estimate of drug-likeness (QED) is 0.702. The number of hydrogen-bond acceptors (Lipinski definition) is 5. The minimum atomic E-state index is -0.0363. The van der Waals surface area contributed by atoms with E-state index in [4.69, 9.17) is 4.74 Å². The molecule has 2 aromatic rings. The Morgan fingerprint density at radius 1 is 1.26 bits per heavy atom. The van der Waals surface area contributed by atoms with Gasteiger partial charge in [-0.15, -0.1) is 11.3 Å². The summed E-state index contributed by atoms with van der Waals surface area (Å²) in [6.07, 6.45) is 9.54. The fourth-order valence-corrected chi connectivity index (χ4v) is 3.87. The molecule has 0 bridgehead atoms. The minimum absolute atomic E-state index is 0.0363. The lowest BCUT2D eigenvalue weighted by atomic mass is 10.1. The largest absolute Gasteiger partial charge is 0.473 e. The number of likely N-dealkylation sites (tertiary alicyclic amines) is 1. The molecule has 1 N–H and O–H groups in total. The Balaban J connectivity index is 1.37. The van der Waals surface area contributed by atoms with Gasteiger partial charge in [0.05, 0.1) is 4.88 Å². The van der Waals surface area contributed by atoms with Crippen LogP contribution in [0, 0.1) is 6.92 Å². The highest BCUT2D eigenvalue weighted by atomic mass is 32.1. The summed E-state index contributed by atoms with van der Waals surface area (Å²) in [6.45, 7) is 6.24. The molecule has 1 saturated heterocycles. The van der Waals surface area contributed by atoms with Crippen molar-refractivity contribution < 1.29 is 9.53 Å². The maximum absolute atomic E-state index is 11.9. The molecule has 1 fully saturated rings. The Kier molecular flexibility index (Phi) is 7.42. The SMILES string of the molecule is Cc1ccc(C(=O)NCC=CCOc2cc(CN3CCCCC3)ccn2)s1. The van der Waals surface area contributed by atoms with Crippen molar-refractivity contribution in [2.45, 2.75) is 32.7 Å². The fraction of sp³-hybridized carbons (Fsp3) is 0.429. The van der Waals surface area contributed by atoms with Crippen molar-refractivity contribution in [3.8, 4) is 5.88 Å². The number of pyridine rings is 1. The van der Waals surface area contributed by atoms with E-state index in [2.05, 4.69) is 21.3 Å². The minimum Gasteiger partial charge on any atom is -0.473 e. The molecule has 1 aliphatic heterocycles. The highest BCUT2D eigenvalue weighted by Crippen LogP contribution is 2.16. The van der Waals surface area contributed by atoms with Gasteiger partial charge in [-0.1, -0.05) is 12.5 Å². The van der Waals surface area contributed by atoms with Gasteiger partial charge in [-0.25, -0.2) is 4.98 Å². The lowest BCUT2D eigenvalue weighted by Gasteiger charge is -2.26. The molecule has 2 aromatic heterocycles. The number of carbonyl (C=O) groups is 1. The summed E-state index contributed by atoms with van der Waals surface area (Å²) >= 11 is 1.50. The van der Waals surface area contributed by atoms with Crippen molar-refractivity contribution in [1.82, 2.24) is 15.2 Å². The van der Waals surface area contributed by atoms with E-state index in [9.17, 15) is 4.79 Å². The molecule has 27 heavy (non-hydrogen) atoms. The smallest absolute Gasteiger partial charge is 0.261 e. The molecule has 3 heterocycles. The zero-order chi connectivity index (χ0) is 18.9. The van der Waals surface area contributed by atoms with Crippen LogP contribution in [0.3, 0.4) is 0 Å². The third-order valence-corrected chi connectivity index (χ3v) is 5.49. The zero-order valence-electron chi connectivity index (χ0n) is 15.8. The Morgan fingerprint density at radius 2 is 2.11 bits per heavy atom. The summed E-state index contributed by atoms with van der Waals surface area (Å²) in [5.74, 6) is 0.609. The topological polar surface area (TPSA) is 54.5 Å². The number of ether oxygens (including phenoxy) is 1. The van der Waals surface area contributed by atoms with E-state index in [0.29, 0.717) is 19.0 Å². The highest BCUT2D eigenvalue weighted by molar-refractivity contribution is 7.13. The molecular weight excluding hydrogens is 358 g/mol. The number of carbonyl (C=O) groups excluding carboxylic acids is 1. The van der Waals surface area contributed by atoms with Gasteiger partial charge in [0, 0.05) is 30.2 Å². The van der Waals surface area contributed by atoms with Crippen LogP contribution in [0.25, 0.3) is 0 Å². The van der Waals surface area contributed by atoms with Gasteiger partial charge in [-0.05, 0) is 62.7 Å². The molecule has 1 amide bonds. The molecule has 0 radical (unpaired) electrons. The van der Waals surface area contributed by atoms with E-state index in [0.717, 1.165) is 16.3 Å². The van der Waals surface area contributed by atoms with Crippen LogP contribution in [0.4, 0.5) is 0 Å². The molecule has 5 nitrogen and oxygen atoms in total. The first-order valence-electron chi connectivity index (χ1n) is 9.50. The molecule has 144 valence electrons. The van der Waals surface area contributed by atoms with Crippen molar-refractivity contribution in [3.63, 3.8) is 0 Å². The molecule has 0 aromatic carbocycles. The molecule has 1 aliphatic rings. The summed E-state index contributed by atoms with van der Waals surface area (Å²) in [4.78, 5) is 20.6. The van der Waals surface area contributed by atoms with Gasteiger partial charge < -0.3 is 10.1 Å². The second-order valence-corrected chi connectivity index (χ2v) is 8.03. The number of amides is 1. The first kappa shape index (κ1) is 19.6. The summed E-state index contributed by atoms with van der Waals surface area (Å²) in [5, 5.41) is 2.87. The molecule has 0 spiro atoms. The lowest BCUT2D eigenvalue weighted by molar-refractivity contribution is 0.0962. The molecule has 6 heteroatoms. The first-order chi connectivity index (χ1) is 13.2. The molecule has 0 atom stereocenters. The molecular formula is C21H27N3O2S. The third kappa shape index (κ3) is 6.48. The average Bonchev–Trinajstić information content (AvgIpc) is 3.12. The van der Waals surface area contributed by atoms with Gasteiger partial charge in [0.2, 0.25) is 5.88 Å².